The number of benzene rings is 1. The van der Waals surface area contributed by atoms with Crippen molar-refractivity contribution in [3.8, 4) is 5.75 Å². The lowest BCUT2D eigenvalue weighted by atomic mass is 10.2. The normalized spacial score (nSPS) is 20.6. The Kier molecular flexibility index (Phi) is 2.77. The number of H-pyrrole nitrogens is 1. The molecule has 0 aliphatic carbocycles. The van der Waals surface area contributed by atoms with E-state index in [1.807, 2.05) is 12.3 Å². The van der Waals surface area contributed by atoms with Gasteiger partial charge in [-0.25, -0.2) is 0 Å². The molecule has 2 aromatic rings. The van der Waals surface area contributed by atoms with E-state index in [1.54, 1.807) is 0 Å². The Hall–Kier alpha value is -1.48. The molecule has 1 saturated heterocycles. The van der Waals surface area contributed by atoms with Crippen molar-refractivity contribution in [2.45, 2.75) is 32.5 Å². The number of hydrogen-bond acceptors (Lipinski definition) is 2. The smallest absolute Gasteiger partial charge is 0.199 e. The van der Waals surface area contributed by atoms with Crippen LogP contribution in [0.15, 0.2) is 24.4 Å². The first-order valence-corrected chi connectivity index (χ1v) is 6.19. The van der Waals surface area contributed by atoms with E-state index in [-0.39, 0.29) is 6.29 Å². The maximum absolute atomic E-state index is 5.85. The predicted molar refractivity (Wildman–Crippen MR) is 67.3 cm³/mol. The van der Waals surface area contributed by atoms with Crippen LogP contribution in [-0.2, 0) is 4.74 Å². The molecule has 1 aromatic carbocycles. The van der Waals surface area contributed by atoms with Gasteiger partial charge in [-0.2, -0.15) is 0 Å². The predicted octanol–water partition coefficient (Wildman–Crippen LogP) is 3.38. The van der Waals surface area contributed by atoms with Crippen LogP contribution in [0.25, 0.3) is 10.9 Å². The number of ether oxygens (including phenoxy) is 2. The molecule has 0 spiro atoms. The number of aromatic nitrogens is 1. The van der Waals surface area contributed by atoms with Crippen molar-refractivity contribution < 1.29 is 9.47 Å². The van der Waals surface area contributed by atoms with E-state index in [2.05, 4.69) is 24.0 Å². The Morgan fingerprint density at radius 2 is 2.29 bits per heavy atom. The zero-order chi connectivity index (χ0) is 11.7. The third-order valence-corrected chi connectivity index (χ3v) is 3.27. The summed E-state index contributed by atoms with van der Waals surface area (Å²) in [6.07, 6.45) is 5.28. The fourth-order valence-corrected chi connectivity index (χ4v) is 2.27. The molecule has 1 atom stereocenters. The summed E-state index contributed by atoms with van der Waals surface area (Å²) in [6.45, 7) is 2.91. The van der Waals surface area contributed by atoms with Gasteiger partial charge in [0.25, 0.3) is 0 Å². The highest BCUT2D eigenvalue weighted by molar-refractivity contribution is 5.84. The van der Waals surface area contributed by atoms with Gasteiger partial charge >= 0.3 is 0 Å². The maximum Gasteiger partial charge on any atom is 0.199 e. The highest BCUT2D eigenvalue weighted by Crippen LogP contribution is 2.25. The van der Waals surface area contributed by atoms with Gasteiger partial charge < -0.3 is 14.5 Å². The monoisotopic (exact) mass is 231 g/mol. The van der Waals surface area contributed by atoms with E-state index in [0.29, 0.717) is 0 Å². The van der Waals surface area contributed by atoms with Crippen molar-refractivity contribution in [1.82, 2.24) is 4.98 Å². The first kappa shape index (κ1) is 10.7. The number of aryl methyl sites for hydroxylation is 1. The summed E-state index contributed by atoms with van der Waals surface area (Å²) in [5.41, 5.74) is 2.40. The van der Waals surface area contributed by atoms with Crippen molar-refractivity contribution in [2.24, 2.45) is 0 Å². The van der Waals surface area contributed by atoms with E-state index < -0.39 is 0 Å². The molecule has 1 aliphatic rings. The topological polar surface area (TPSA) is 34.2 Å². The van der Waals surface area contributed by atoms with Crippen LogP contribution < -0.4 is 4.74 Å². The molecule has 3 rings (SSSR count). The Balaban J connectivity index is 1.82. The van der Waals surface area contributed by atoms with Gasteiger partial charge in [0, 0.05) is 23.5 Å². The van der Waals surface area contributed by atoms with Gasteiger partial charge in [-0.05, 0) is 43.5 Å². The SMILES string of the molecule is Cc1c[nH]c2ccc(OC3CCCCO3)cc12. The number of nitrogens with one attached hydrogen (secondary N) is 1. The molecule has 1 aliphatic heterocycles. The molecule has 1 unspecified atom stereocenters. The first-order chi connectivity index (χ1) is 8.33. The number of aromatic amines is 1. The summed E-state index contributed by atoms with van der Waals surface area (Å²) < 4.78 is 11.4. The fourth-order valence-electron chi connectivity index (χ4n) is 2.27. The van der Waals surface area contributed by atoms with Crippen molar-refractivity contribution in [3.05, 3.63) is 30.0 Å². The summed E-state index contributed by atoms with van der Waals surface area (Å²) in [5.74, 6) is 0.895. The molecule has 17 heavy (non-hydrogen) atoms. The van der Waals surface area contributed by atoms with Gasteiger partial charge in [0.15, 0.2) is 6.29 Å². The van der Waals surface area contributed by atoms with E-state index in [1.165, 1.54) is 17.4 Å². The number of rotatable bonds is 2. The van der Waals surface area contributed by atoms with Crippen LogP contribution in [0.4, 0.5) is 0 Å². The van der Waals surface area contributed by atoms with Crippen LogP contribution >= 0.6 is 0 Å². The summed E-state index contributed by atoms with van der Waals surface area (Å²) in [4.78, 5) is 3.23. The molecule has 90 valence electrons. The van der Waals surface area contributed by atoms with Gasteiger partial charge in [0.1, 0.15) is 5.75 Å². The minimum atomic E-state index is -0.0690. The Morgan fingerprint density at radius 1 is 1.35 bits per heavy atom. The second-order valence-corrected chi connectivity index (χ2v) is 4.59. The Morgan fingerprint density at radius 3 is 3.12 bits per heavy atom. The highest BCUT2D eigenvalue weighted by Gasteiger charge is 2.15. The molecule has 3 nitrogen and oxygen atoms in total. The molecule has 1 aromatic heterocycles. The van der Waals surface area contributed by atoms with Crippen molar-refractivity contribution in [3.63, 3.8) is 0 Å². The van der Waals surface area contributed by atoms with Crippen LogP contribution in [-0.4, -0.2) is 17.9 Å². The molecule has 0 saturated carbocycles. The van der Waals surface area contributed by atoms with Gasteiger partial charge in [-0.1, -0.05) is 0 Å². The first-order valence-electron chi connectivity index (χ1n) is 6.19. The van der Waals surface area contributed by atoms with Gasteiger partial charge in [-0.3, -0.25) is 0 Å². The second kappa shape index (κ2) is 4.41. The molecule has 1 fully saturated rings. The van der Waals surface area contributed by atoms with Crippen LogP contribution in [0.3, 0.4) is 0 Å². The lowest BCUT2D eigenvalue weighted by Gasteiger charge is -2.23. The van der Waals surface area contributed by atoms with Crippen molar-refractivity contribution in [1.29, 1.82) is 0 Å². The average Bonchev–Trinajstić information content (AvgIpc) is 2.73. The molecule has 1 N–H and O–H groups in total. The van der Waals surface area contributed by atoms with Crippen LogP contribution in [0.5, 0.6) is 5.75 Å². The minimum Gasteiger partial charge on any atom is -0.465 e. The average molecular weight is 231 g/mol. The molecule has 0 bridgehead atoms. The van der Waals surface area contributed by atoms with Gasteiger partial charge in [0.2, 0.25) is 0 Å². The molecular formula is C14H17NO2. The summed E-state index contributed by atoms with van der Waals surface area (Å²) in [5, 5.41) is 1.22. The lowest BCUT2D eigenvalue weighted by Crippen LogP contribution is -2.24. The Labute approximate surface area is 101 Å². The summed E-state index contributed by atoms with van der Waals surface area (Å²) in [7, 11) is 0. The summed E-state index contributed by atoms with van der Waals surface area (Å²) >= 11 is 0. The third-order valence-electron chi connectivity index (χ3n) is 3.27. The summed E-state index contributed by atoms with van der Waals surface area (Å²) in [6, 6.07) is 6.13. The Bertz CT molecular complexity index is 512. The standard InChI is InChI=1S/C14H17NO2/c1-10-9-15-13-6-5-11(8-12(10)13)17-14-4-2-3-7-16-14/h5-6,8-9,14-15H,2-4,7H2,1H3. The van der Waals surface area contributed by atoms with Crippen molar-refractivity contribution >= 4 is 10.9 Å². The zero-order valence-corrected chi connectivity index (χ0v) is 10.0. The quantitative estimate of drug-likeness (QED) is 0.859. The van der Waals surface area contributed by atoms with E-state index in [4.69, 9.17) is 9.47 Å². The molecule has 0 radical (unpaired) electrons. The van der Waals surface area contributed by atoms with E-state index >= 15 is 0 Å². The molecule has 3 heteroatoms. The minimum absolute atomic E-state index is 0.0690. The second-order valence-electron chi connectivity index (χ2n) is 4.59. The van der Waals surface area contributed by atoms with Gasteiger partial charge in [-0.15, -0.1) is 0 Å². The largest absolute Gasteiger partial charge is 0.465 e. The number of hydrogen-bond donors (Lipinski definition) is 1. The van der Waals surface area contributed by atoms with Crippen LogP contribution in [0.2, 0.25) is 0 Å². The number of fused-ring (bicyclic) bond motifs is 1. The fraction of sp³-hybridized carbons (Fsp3) is 0.429. The van der Waals surface area contributed by atoms with Crippen LogP contribution in [0, 0.1) is 6.92 Å². The molecule has 2 heterocycles. The lowest BCUT2D eigenvalue weighted by molar-refractivity contribution is -0.105. The maximum atomic E-state index is 5.85. The molecule has 0 amide bonds. The molecular weight excluding hydrogens is 214 g/mol. The zero-order valence-electron chi connectivity index (χ0n) is 10.0. The third kappa shape index (κ3) is 2.15. The van der Waals surface area contributed by atoms with Crippen LogP contribution in [0.1, 0.15) is 24.8 Å². The highest BCUT2D eigenvalue weighted by atomic mass is 16.7. The van der Waals surface area contributed by atoms with E-state index in [0.717, 1.165) is 30.7 Å². The van der Waals surface area contributed by atoms with Crippen molar-refractivity contribution in [2.75, 3.05) is 6.61 Å². The van der Waals surface area contributed by atoms with Gasteiger partial charge in [0.05, 0.1) is 6.61 Å². The van der Waals surface area contributed by atoms with E-state index in [9.17, 15) is 0 Å².